The normalized spacial score (nSPS) is 24.8. The molecule has 128 valence electrons. The van der Waals surface area contributed by atoms with E-state index >= 15 is 0 Å². The molecule has 1 amide bonds. The predicted octanol–water partition coefficient (Wildman–Crippen LogP) is 1.66. The molecule has 2 aromatic rings. The van der Waals surface area contributed by atoms with Gasteiger partial charge in [0.2, 0.25) is 0 Å². The number of nitrogens with one attached hydrogen (secondary N) is 1. The fourth-order valence-electron chi connectivity index (χ4n) is 3.30. The van der Waals surface area contributed by atoms with Gasteiger partial charge in [0.25, 0.3) is 11.9 Å². The first-order valence-electron chi connectivity index (χ1n) is 8.10. The van der Waals surface area contributed by atoms with Gasteiger partial charge in [-0.05, 0) is 29.8 Å². The van der Waals surface area contributed by atoms with Crippen molar-refractivity contribution in [1.82, 2.24) is 4.98 Å². The van der Waals surface area contributed by atoms with E-state index in [0.717, 1.165) is 5.56 Å². The van der Waals surface area contributed by atoms with E-state index < -0.39 is 5.54 Å². The highest BCUT2D eigenvalue weighted by Gasteiger charge is 2.49. The zero-order chi connectivity index (χ0) is 17.3. The predicted molar refractivity (Wildman–Crippen MR) is 92.2 cm³/mol. The Hall–Kier alpha value is -2.93. The molecule has 1 saturated heterocycles. The molecule has 2 aliphatic heterocycles. The van der Waals surface area contributed by atoms with Crippen molar-refractivity contribution in [2.75, 3.05) is 18.5 Å². The minimum atomic E-state index is -0.561. The van der Waals surface area contributed by atoms with Gasteiger partial charge in [-0.25, -0.2) is 4.99 Å². The van der Waals surface area contributed by atoms with Crippen LogP contribution in [-0.4, -0.2) is 36.2 Å². The van der Waals surface area contributed by atoms with Crippen LogP contribution < -0.4 is 11.1 Å². The summed E-state index contributed by atoms with van der Waals surface area (Å²) in [5.74, 6) is -0.260. The van der Waals surface area contributed by atoms with E-state index in [0.29, 0.717) is 31.0 Å². The number of amides is 1. The van der Waals surface area contributed by atoms with Crippen LogP contribution in [0.5, 0.6) is 0 Å². The number of nitrogens with zero attached hydrogens (tertiary/aromatic N) is 2. The van der Waals surface area contributed by atoms with Crippen LogP contribution in [0.15, 0.2) is 53.7 Å². The lowest BCUT2D eigenvalue weighted by Crippen LogP contribution is -2.44. The molecule has 2 aliphatic rings. The molecule has 25 heavy (non-hydrogen) atoms. The average Bonchev–Trinajstić information content (AvgIpc) is 3.00. The third-order valence-corrected chi connectivity index (χ3v) is 4.52. The molecule has 1 fully saturated rings. The Morgan fingerprint density at radius 3 is 3.04 bits per heavy atom. The molecular formula is C18H18N4O3. The standard InChI is InChI=1S/C18H18N4O3/c19-17-22-18(7-9-24-11-15(18)25-17)12-4-3-5-13(10-12)21-16(23)14-6-1-2-8-20-14/h1-6,8,10,15H,7,9,11H2,(H2,19,22)(H,21,23)/t15-,18-/m1/s1. The van der Waals surface area contributed by atoms with Gasteiger partial charge in [0.15, 0.2) is 6.10 Å². The lowest BCUT2D eigenvalue weighted by molar-refractivity contribution is -0.0339. The molecule has 4 rings (SSSR count). The van der Waals surface area contributed by atoms with Crippen molar-refractivity contribution in [3.05, 3.63) is 59.9 Å². The lowest BCUT2D eigenvalue weighted by atomic mass is 9.81. The van der Waals surface area contributed by atoms with Crippen LogP contribution in [0.1, 0.15) is 22.5 Å². The topological polar surface area (TPSA) is 98.8 Å². The van der Waals surface area contributed by atoms with Gasteiger partial charge in [-0.3, -0.25) is 9.78 Å². The maximum Gasteiger partial charge on any atom is 0.283 e. The van der Waals surface area contributed by atoms with Crippen molar-refractivity contribution in [3.8, 4) is 0 Å². The van der Waals surface area contributed by atoms with Crippen molar-refractivity contribution in [2.45, 2.75) is 18.1 Å². The molecule has 1 aromatic heterocycles. The summed E-state index contributed by atoms with van der Waals surface area (Å²) in [6, 6.07) is 13.0. The van der Waals surface area contributed by atoms with Gasteiger partial charge in [-0.15, -0.1) is 0 Å². The van der Waals surface area contributed by atoms with Crippen molar-refractivity contribution >= 4 is 17.6 Å². The summed E-state index contributed by atoms with van der Waals surface area (Å²) in [5.41, 5.74) is 7.23. The van der Waals surface area contributed by atoms with Crippen LogP contribution >= 0.6 is 0 Å². The molecule has 0 bridgehead atoms. The maximum atomic E-state index is 12.3. The van der Waals surface area contributed by atoms with Crippen molar-refractivity contribution in [1.29, 1.82) is 0 Å². The molecule has 0 saturated carbocycles. The quantitative estimate of drug-likeness (QED) is 0.887. The fraction of sp³-hybridized carbons (Fsp3) is 0.278. The van der Waals surface area contributed by atoms with E-state index in [2.05, 4.69) is 15.3 Å². The third-order valence-electron chi connectivity index (χ3n) is 4.52. The van der Waals surface area contributed by atoms with Crippen molar-refractivity contribution < 1.29 is 14.3 Å². The molecule has 0 spiro atoms. The molecular weight excluding hydrogens is 320 g/mol. The van der Waals surface area contributed by atoms with Gasteiger partial charge in [0, 0.05) is 24.9 Å². The number of hydrogen-bond donors (Lipinski definition) is 2. The average molecular weight is 338 g/mol. The van der Waals surface area contributed by atoms with Gasteiger partial charge in [0.1, 0.15) is 11.2 Å². The summed E-state index contributed by atoms with van der Waals surface area (Å²) in [5, 5.41) is 2.87. The SMILES string of the molecule is NC1=N[C@@]2(c3cccc(NC(=O)c4ccccn4)c3)CCOC[C@H]2O1. The number of anilines is 1. The highest BCUT2D eigenvalue weighted by Crippen LogP contribution is 2.42. The summed E-state index contributed by atoms with van der Waals surface area (Å²) >= 11 is 0. The number of rotatable bonds is 3. The third kappa shape index (κ3) is 2.83. The van der Waals surface area contributed by atoms with E-state index in [1.165, 1.54) is 0 Å². The Bertz CT molecular complexity index is 824. The number of amidine groups is 1. The molecule has 3 N–H and O–H groups in total. The minimum absolute atomic E-state index is 0.179. The number of carbonyl (C=O) groups is 1. The fourth-order valence-corrected chi connectivity index (χ4v) is 3.30. The second-order valence-corrected chi connectivity index (χ2v) is 6.06. The first-order valence-corrected chi connectivity index (χ1v) is 8.10. The summed E-state index contributed by atoms with van der Waals surface area (Å²) in [6.07, 6.45) is 2.02. The minimum Gasteiger partial charge on any atom is -0.457 e. The molecule has 0 unspecified atom stereocenters. The number of aromatic nitrogens is 1. The van der Waals surface area contributed by atoms with Crippen molar-refractivity contribution in [3.63, 3.8) is 0 Å². The number of pyridine rings is 1. The Balaban J connectivity index is 1.62. The second kappa shape index (κ2) is 6.18. The molecule has 0 radical (unpaired) electrons. The molecule has 0 aliphatic carbocycles. The largest absolute Gasteiger partial charge is 0.457 e. The highest BCUT2D eigenvalue weighted by molar-refractivity contribution is 6.02. The maximum absolute atomic E-state index is 12.3. The van der Waals surface area contributed by atoms with E-state index in [4.69, 9.17) is 15.2 Å². The number of hydrogen-bond acceptors (Lipinski definition) is 6. The van der Waals surface area contributed by atoms with Gasteiger partial charge < -0.3 is 20.5 Å². The zero-order valence-electron chi connectivity index (χ0n) is 13.5. The number of fused-ring (bicyclic) bond motifs is 1. The molecule has 7 nitrogen and oxygen atoms in total. The van der Waals surface area contributed by atoms with Crippen LogP contribution in [0, 0.1) is 0 Å². The van der Waals surface area contributed by atoms with E-state index in [-0.39, 0.29) is 18.0 Å². The number of nitrogens with two attached hydrogens (primary N) is 1. The van der Waals surface area contributed by atoms with Crippen LogP contribution in [0.2, 0.25) is 0 Å². The molecule has 7 heteroatoms. The van der Waals surface area contributed by atoms with Gasteiger partial charge in [-0.1, -0.05) is 18.2 Å². The molecule has 2 atom stereocenters. The zero-order valence-corrected chi connectivity index (χ0v) is 13.5. The smallest absolute Gasteiger partial charge is 0.283 e. The van der Waals surface area contributed by atoms with E-state index in [1.807, 2.05) is 24.3 Å². The summed E-state index contributed by atoms with van der Waals surface area (Å²) < 4.78 is 11.1. The van der Waals surface area contributed by atoms with Crippen molar-refractivity contribution in [2.24, 2.45) is 10.7 Å². The number of benzene rings is 1. The summed E-state index contributed by atoms with van der Waals surface area (Å²) in [4.78, 5) is 20.9. The van der Waals surface area contributed by atoms with Crippen LogP contribution in [0.4, 0.5) is 5.69 Å². The monoisotopic (exact) mass is 338 g/mol. The molecule has 1 aromatic carbocycles. The highest BCUT2D eigenvalue weighted by atomic mass is 16.6. The van der Waals surface area contributed by atoms with Crippen LogP contribution in [0.3, 0.4) is 0 Å². The Morgan fingerprint density at radius 1 is 1.28 bits per heavy atom. The summed E-state index contributed by atoms with van der Waals surface area (Å²) in [6.45, 7) is 1.02. The first kappa shape index (κ1) is 15.6. The van der Waals surface area contributed by atoms with Gasteiger partial charge in [0.05, 0.1) is 6.61 Å². The van der Waals surface area contributed by atoms with Gasteiger partial charge >= 0.3 is 0 Å². The van der Waals surface area contributed by atoms with E-state index in [9.17, 15) is 4.79 Å². The first-order chi connectivity index (χ1) is 12.2. The van der Waals surface area contributed by atoms with E-state index in [1.54, 1.807) is 24.4 Å². The Labute approximate surface area is 144 Å². The number of aliphatic imine (C=N–C) groups is 1. The Kier molecular flexibility index (Phi) is 3.85. The second-order valence-electron chi connectivity index (χ2n) is 6.06. The van der Waals surface area contributed by atoms with Crippen LogP contribution in [0.25, 0.3) is 0 Å². The van der Waals surface area contributed by atoms with Gasteiger partial charge in [-0.2, -0.15) is 0 Å². The number of ether oxygens (including phenoxy) is 2. The Morgan fingerprint density at radius 2 is 2.20 bits per heavy atom. The number of carbonyl (C=O) groups excluding carboxylic acids is 1. The van der Waals surface area contributed by atoms with Crippen LogP contribution in [-0.2, 0) is 15.0 Å². The summed E-state index contributed by atoms with van der Waals surface area (Å²) in [7, 11) is 0. The lowest BCUT2D eigenvalue weighted by Gasteiger charge is -2.35. The molecule has 3 heterocycles.